The summed E-state index contributed by atoms with van der Waals surface area (Å²) in [5.74, 6) is 0.403. The highest BCUT2D eigenvalue weighted by Crippen LogP contribution is 2.44. The number of esters is 1. The number of unbranched alkanes of at least 4 members (excludes halogenated alkanes) is 2. The first-order valence-corrected chi connectivity index (χ1v) is 8.72. The maximum atomic E-state index is 11.4. The SMILES string of the molecule is CCCCCC(/C=C/C1C(OP)CC2OC(=O)CC21)OP. The van der Waals surface area contributed by atoms with Crippen LogP contribution in [0.5, 0.6) is 0 Å². The monoisotopic (exact) mass is 332 g/mol. The summed E-state index contributed by atoms with van der Waals surface area (Å²) >= 11 is 0. The second kappa shape index (κ2) is 8.58. The van der Waals surface area contributed by atoms with Gasteiger partial charge in [0.2, 0.25) is 0 Å². The van der Waals surface area contributed by atoms with Gasteiger partial charge in [-0.25, -0.2) is 0 Å². The first kappa shape index (κ1) is 17.3. The third-order valence-corrected chi connectivity index (χ3v) is 5.24. The lowest BCUT2D eigenvalue weighted by Gasteiger charge is -2.19. The Balaban J connectivity index is 1.94. The molecule has 1 saturated heterocycles. The van der Waals surface area contributed by atoms with E-state index in [1.807, 2.05) is 0 Å². The lowest BCUT2D eigenvalue weighted by molar-refractivity contribution is -0.141. The van der Waals surface area contributed by atoms with Crippen molar-refractivity contribution in [2.24, 2.45) is 11.8 Å². The molecule has 0 bridgehead atoms. The highest BCUT2D eigenvalue weighted by atomic mass is 31.0. The van der Waals surface area contributed by atoms with Gasteiger partial charge in [0.25, 0.3) is 0 Å². The molecule has 120 valence electrons. The van der Waals surface area contributed by atoms with E-state index < -0.39 is 0 Å². The summed E-state index contributed by atoms with van der Waals surface area (Å²) in [6, 6.07) is 0. The fourth-order valence-electron chi connectivity index (χ4n) is 3.37. The van der Waals surface area contributed by atoms with E-state index in [1.165, 1.54) is 19.3 Å². The number of carbonyl (C=O) groups excluding carboxylic acids is 1. The maximum Gasteiger partial charge on any atom is 0.306 e. The minimum Gasteiger partial charge on any atom is -0.462 e. The van der Waals surface area contributed by atoms with E-state index in [0.717, 1.165) is 12.8 Å². The van der Waals surface area contributed by atoms with Crippen molar-refractivity contribution in [2.45, 2.75) is 63.8 Å². The highest BCUT2D eigenvalue weighted by Gasteiger charge is 2.49. The summed E-state index contributed by atoms with van der Waals surface area (Å²) in [6.45, 7) is 2.20. The third-order valence-electron chi connectivity index (χ3n) is 4.54. The van der Waals surface area contributed by atoms with Crippen molar-refractivity contribution < 1.29 is 18.6 Å². The standard InChI is InChI=1S/C15H26O4P2/c1-2-3-4-5-10(18-20)6-7-11-12-8-15(16)17-13(12)9-14(11)19-21/h6-7,10-14H,2-5,8-9,20-21H2,1H3/b7-6+. The maximum absolute atomic E-state index is 11.4. The summed E-state index contributed by atoms with van der Waals surface area (Å²) in [5.41, 5.74) is 0. The molecule has 1 aliphatic carbocycles. The Hall–Kier alpha value is -0.0100. The third kappa shape index (κ3) is 4.48. The second-order valence-electron chi connectivity index (χ2n) is 5.94. The van der Waals surface area contributed by atoms with Crippen molar-refractivity contribution in [3.8, 4) is 0 Å². The molecule has 1 aliphatic heterocycles. The van der Waals surface area contributed by atoms with E-state index in [4.69, 9.17) is 13.8 Å². The molecule has 21 heavy (non-hydrogen) atoms. The van der Waals surface area contributed by atoms with Crippen LogP contribution < -0.4 is 0 Å². The van der Waals surface area contributed by atoms with Gasteiger partial charge in [0.15, 0.2) is 0 Å². The molecular weight excluding hydrogens is 306 g/mol. The zero-order valence-corrected chi connectivity index (χ0v) is 14.9. The van der Waals surface area contributed by atoms with Crippen LogP contribution in [-0.4, -0.2) is 24.3 Å². The van der Waals surface area contributed by atoms with Crippen molar-refractivity contribution in [1.82, 2.24) is 0 Å². The van der Waals surface area contributed by atoms with Gasteiger partial charge in [-0.2, -0.15) is 0 Å². The van der Waals surface area contributed by atoms with Gasteiger partial charge < -0.3 is 13.8 Å². The van der Waals surface area contributed by atoms with Crippen molar-refractivity contribution in [3.05, 3.63) is 12.2 Å². The molecule has 4 nitrogen and oxygen atoms in total. The topological polar surface area (TPSA) is 44.8 Å². The van der Waals surface area contributed by atoms with Crippen LogP contribution in [0.4, 0.5) is 0 Å². The molecule has 1 saturated carbocycles. The van der Waals surface area contributed by atoms with Crippen LogP contribution in [0, 0.1) is 11.8 Å². The molecule has 6 heteroatoms. The minimum absolute atomic E-state index is 0.0214. The Morgan fingerprint density at radius 1 is 1.43 bits per heavy atom. The van der Waals surface area contributed by atoms with Gasteiger partial charge in [0.05, 0.1) is 18.6 Å². The average Bonchev–Trinajstić information content (AvgIpc) is 2.98. The Bertz CT molecular complexity index is 375. The number of carbonyl (C=O) groups is 1. The summed E-state index contributed by atoms with van der Waals surface area (Å²) in [7, 11) is 4.70. The fourth-order valence-corrected chi connectivity index (χ4v) is 3.89. The Labute approximate surface area is 131 Å². The van der Waals surface area contributed by atoms with E-state index in [0.29, 0.717) is 6.42 Å². The molecule has 7 unspecified atom stereocenters. The van der Waals surface area contributed by atoms with Crippen LogP contribution >= 0.6 is 18.9 Å². The number of ether oxygens (including phenoxy) is 1. The van der Waals surface area contributed by atoms with Gasteiger partial charge >= 0.3 is 5.97 Å². The quantitative estimate of drug-likeness (QED) is 0.296. The van der Waals surface area contributed by atoms with Crippen molar-refractivity contribution in [3.63, 3.8) is 0 Å². The molecular formula is C15H26O4P2. The zero-order chi connectivity index (χ0) is 15.2. The van der Waals surface area contributed by atoms with Crippen LogP contribution in [0.1, 0.15) is 45.4 Å². The number of hydrogen-bond donors (Lipinski definition) is 0. The zero-order valence-electron chi connectivity index (χ0n) is 12.6. The summed E-state index contributed by atoms with van der Waals surface area (Å²) < 4.78 is 16.3. The number of fused-ring (bicyclic) bond motifs is 1. The summed E-state index contributed by atoms with van der Waals surface area (Å²) in [6.07, 6.45) is 10.5. The van der Waals surface area contributed by atoms with Crippen molar-refractivity contribution in [1.29, 1.82) is 0 Å². The van der Waals surface area contributed by atoms with Crippen molar-refractivity contribution >= 4 is 24.9 Å². The molecule has 0 aromatic rings. The molecule has 0 aromatic carbocycles. The van der Waals surface area contributed by atoms with Gasteiger partial charge in [-0.1, -0.05) is 38.3 Å². The predicted octanol–water partition coefficient (Wildman–Crippen LogP) is 3.43. The Morgan fingerprint density at radius 2 is 2.24 bits per heavy atom. The second-order valence-corrected chi connectivity index (χ2v) is 6.48. The predicted molar refractivity (Wildman–Crippen MR) is 88.5 cm³/mol. The Kier molecular flexibility index (Phi) is 7.08. The van der Waals surface area contributed by atoms with E-state index in [-0.39, 0.29) is 36.1 Å². The molecule has 2 aliphatic rings. The lowest BCUT2D eigenvalue weighted by atomic mass is 9.91. The van der Waals surface area contributed by atoms with Crippen LogP contribution in [-0.2, 0) is 18.6 Å². The summed E-state index contributed by atoms with van der Waals surface area (Å²) in [4.78, 5) is 11.4. The van der Waals surface area contributed by atoms with E-state index in [9.17, 15) is 4.79 Å². The van der Waals surface area contributed by atoms with Crippen LogP contribution in [0.2, 0.25) is 0 Å². The van der Waals surface area contributed by atoms with Gasteiger partial charge in [0.1, 0.15) is 6.10 Å². The largest absolute Gasteiger partial charge is 0.462 e. The first-order valence-electron chi connectivity index (χ1n) is 7.78. The normalized spacial score (nSPS) is 33.4. The molecule has 0 aromatic heterocycles. The van der Waals surface area contributed by atoms with E-state index in [2.05, 4.69) is 38.0 Å². The smallest absolute Gasteiger partial charge is 0.306 e. The van der Waals surface area contributed by atoms with Crippen molar-refractivity contribution in [2.75, 3.05) is 0 Å². The molecule has 0 amide bonds. The minimum atomic E-state index is -0.0765. The lowest BCUT2D eigenvalue weighted by Crippen LogP contribution is -2.19. The van der Waals surface area contributed by atoms with Crippen LogP contribution in [0.25, 0.3) is 0 Å². The fraction of sp³-hybridized carbons (Fsp3) is 0.800. The van der Waals surface area contributed by atoms with Gasteiger partial charge in [-0.15, -0.1) is 0 Å². The molecule has 0 N–H and O–H groups in total. The first-order chi connectivity index (χ1) is 10.2. The molecule has 2 rings (SSSR count). The Morgan fingerprint density at radius 3 is 2.90 bits per heavy atom. The van der Waals surface area contributed by atoms with Gasteiger partial charge in [-0.3, -0.25) is 4.79 Å². The molecule has 2 fully saturated rings. The van der Waals surface area contributed by atoms with E-state index >= 15 is 0 Å². The van der Waals surface area contributed by atoms with Gasteiger partial charge in [-0.05, 0) is 6.42 Å². The number of hydrogen-bond acceptors (Lipinski definition) is 4. The van der Waals surface area contributed by atoms with Gasteiger partial charge in [0, 0.05) is 37.2 Å². The molecule has 7 atom stereocenters. The number of rotatable bonds is 8. The van der Waals surface area contributed by atoms with Crippen LogP contribution in [0.15, 0.2) is 12.2 Å². The van der Waals surface area contributed by atoms with Crippen LogP contribution in [0.3, 0.4) is 0 Å². The van der Waals surface area contributed by atoms with E-state index in [1.54, 1.807) is 0 Å². The summed E-state index contributed by atoms with van der Waals surface area (Å²) in [5, 5.41) is 0. The average molecular weight is 332 g/mol. The highest BCUT2D eigenvalue weighted by molar-refractivity contribution is 7.10. The molecule has 0 spiro atoms. The molecule has 1 heterocycles. The molecule has 0 radical (unpaired) electrons.